The molecule has 0 aromatic heterocycles. The van der Waals surface area contributed by atoms with Crippen LogP contribution in [0.3, 0.4) is 0 Å². The quantitative estimate of drug-likeness (QED) is 0.818. The molecule has 0 unspecified atom stereocenters. The molecular weight excluding hydrogens is 278 g/mol. The predicted octanol–water partition coefficient (Wildman–Crippen LogP) is 3.30. The van der Waals surface area contributed by atoms with Gasteiger partial charge >= 0.3 is 12.1 Å². The zero-order valence-electron chi connectivity index (χ0n) is 10.9. The van der Waals surface area contributed by atoms with Gasteiger partial charge in [0.1, 0.15) is 5.82 Å². The second-order valence-electron chi connectivity index (χ2n) is 4.45. The van der Waals surface area contributed by atoms with E-state index in [-0.39, 0.29) is 13.1 Å². The first-order valence-electron chi connectivity index (χ1n) is 6.03. The number of carbonyl (C=O) groups is 1. The van der Waals surface area contributed by atoms with Gasteiger partial charge < -0.3 is 5.11 Å². The Bertz CT molecular complexity index is 474. The van der Waals surface area contributed by atoms with Crippen molar-refractivity contribution < 1.29 is 27.5 Å². The summed E-state index contributed by atoms with van der Waals surface area (Å²) in [5.41, 5.74) is -0.184. The molecule has 0 aliphatic rings. The topological polar surface area (TPSA) is 40.5 Å². The van der Waals surface area contributed by atoms with Gasteiger partial charge in [-0.25, -0.2) is 9.18 Å². The number of hydrogen-bond acceptors (Lipinski definition) is 2. The van der Waals surface area contributed by atoms with Crippen LogP contribution < -0.4 is 0 Å². The number of carboxylic acid groups (broad SMARTS) is 1. The van der Waals surface area contributed by atoms with Crippen molar-refractivity contribution in [1.82, 2.24) is 4.90 Å². The molecule has 0 saturated carbocycles. The summed E-state index contributed by atoms with van der Waals surface area (Å²) in [7, 11) is 0. The van der Waals surface area contributed by atoms with Crippen LogP contribution in [0.1, 0.15) is 29.3 Å². The highest BCUT2D eigenvalue weighted by atomic mass is 19.4. The van der Waals surface area contributed by atoms with Crippen molar-refractivity contribution in [3.05, 3.63) is 35.1 Å². The fourth-order valence-electron chi connectivity index (χ4n) is 1.87. The van der Waals surface area contributed by atoms with Crippen LogP contribution in [0.5, 0.6) is 0 Å². The van der Waals surface area contributed by atoms with E-state index < -0.39 is 30.1 Å². The maximum absolute atomic E-state index is 13.5. The van der Waals surface area contributed by atoms with Gasteiger partial charge in [0.25, 0.3) is 0 Å². The van der Waals surface area contributed by atoms with Crippen molar-refractivity contribution in [1.29, 1.82) is 0 Å². The largest absolute Gasteiger partial charge is 0.478 e. The fourth-order valence-corrected chi connectivity index (χ4v) is 1.87. The van der Waals surface area contributed by atoms with Crippen LogP contribution in [0.2, 0.25) is 0 Å². The number of benzene rings is 1. The molecule has 0 radical (unpaired) electrons. The second kappa shape index (κ2) is 6.69. The zero-order chi connectivity index (χ0) is 15.3. The minimum atomic E-state index is -4.32. The maximum Gasteiger partial charge on any atom is 0.401 e. The third-order valence-electron chi connectivity index (χ3n) is 2.61. The minimum absolute atomic E-state index is 0.0792. The van der Waals surface area contributed by atoms with Gasteiger partial charge in [0.2, 0.25) is 0 Å². The predicted molar refractivity (Wildman–Crippen MR) is 65.0 cm³/mol. The van der Waals surface area contributed by atoms with Gasteiger partial charge in [0, 0.05) is 6.54 Å². The summed E-state index contributed by atoms with van der Waals surface area (Å²) in [4.78, 5) is 11.8. The van der Waals surface area contributed by atoms with E-state index in [2.05, 4.69) is 0 Å². The van der Waals surface area contributed by atoms with Gasteiger partial charge in [0.05, 0.1) is 12.1 Å². The third-order valence-corrected chi connectivity index (χ3v) is 2.61. The number of aromatic carboxylic acids is 1. The number of rotatable bonds is 6. The Morgan fingerprint density at radius 1 is 1.35 bits per heavy atom. The monoisotopic (exact) mass is 293 g/mol. The minimum Gasteiger partial charge on any atom is -0.478 e. The SMILES string of the molecule is CCCN(Cc1ccc(C(=O)O)c(F)c1)CC(F)(F)F. The van der Waals surface area contributed by atoms with Crippen molar-refractivity contribution in [2.45, 2.75) is 26.1 Å². The molecule has 0 aliphatic heterocycles. The molecule has 1 aromatic carbocycles. The first-order chi connectivity index (χ1) is 9.23. The molecule has 0 bridgehead atoms. The van der Waals surface area contributed by atoms with Gasteiger partial charge in [-0.15, -0.1) is 0 Å². The third kappa shape index (κ3) is 5.16. The molecule has 1 aromatic rings. The zero-order valence-corrected chi connectivity index (χ0v) is 10.9. The van der Waals surface area contributed by atoms with Crippen LogP contribution in [0.4, 0.5) is 17.6 Å². The Balaban J connectivity index is 2.83. The van der Waals surface area contributed by atoms with E-state index in [1.807, 2.05) is 0 Å². The molecule has 0 aliphatic carbocycles. The second-order valence-corrected chi connectivity index (χ2v) is 4.45. The average molecular weight is 293 g/mol. The lowest BCUT2D eigenvalue weighted by Crippen LogP contribution is -2.34. The molecule has 0 saturated heterocycles. The van der Waals surface area contributed by atoms with Crippen molar-refractivity contribution in [3.8, 4) is 0 Å². The molecular formula is C13H15F4NO2. The van der Waals surface area contributed by atoms with Gasteiger partial charge in [-0.2, -0.15) is 13.2 Å². The van der Waals surface area contributed by atoms with Gasteiger partial charge in [-0.05, 0) is 30.7 Å². The highest BCUT2D eigenvalue weighted by molar-refractivity contribution is 5.87. The van der Waals surface area contributed by atoms with Crippen LogP contribution in [0.25, 0.3) is 0 Å². The molecule has 7 heteroatoms. The maximum atomic E-state index is 13.5. The van der Waals surface area contributed by atoms with Crippen LogP contribution >= 0.6 is 0 Å². The normalized spacial score (nSPS) is 11.9. The summed E-state index contributed by atoms with van der Waals surface area (Å²) in [5.74, 6) is -2.35. The molecule has 20 heavy (non-hydrogen) atoms. The van der Waals surface area contributed by atoms with Gasteiger partial charge in [-0.3, -0.25) is 4.90 Å². The number of halogens is 4. The highest BCUT2D eigenvalue weighted by Crippen LogP contribution is 2.19. The lowest BCUT2D eigenvalue weighted by molar-refractivity contribution is -0.147. The van der Waals surface area contributed by atoms with Gasteiger partial charge in [-0.1, -0.05) is 13.0 Å². The Labute approximate surface area is 113 Å². The Morgan fingerprint density at radius 3 is 2.45 bits per heavy atom. The van der Waals surface area contributed by atoms with E-state index >= 15 is 0 Å². The van der Waals surface area contributed by atoms with E-state index in [1.54, 1.807) is 6.92 Å². The van der Waals surface area contributed by atoms with Crippen molar-refractivity contribution in [2.75, 3.05) is 13.1 Å². The fraction of sp³-hybridized carbons (Fsp3) is 0.462. The van der Waals surface area contributed by atoms with E-state index in [4.69, 9.17) is 5.11 Å². The molecule has 0 spiro atoms. The molecule has 0 fully saturated rings. The molecule has 112 valence electrons. The Morgan fingerprint density at radius 2 is 2.00 bits per heavy atom. The Kier molecular flexibility index (Phi) is 5.50. The number of carboxylic acids is 1. The lowest BCUT2D eigenvalue weighted by Gasteiger charge is -2.23. The molecule has 0 heterocycles. The van der Waals surface area contributed by atoms with Crippen molar-refractivity contribution >= 4 is 5.97 Å². The van der Waals surface area contributed by atoms with E-state index in [0.717, 1.165) is 17.0 Å². The number of hydrogen-bond donors (Lipinski definition) is 1. The van der Waals surface area contributed by atoms with Crippen LogP contribution in [0.15, 0.2) is 18.2 Å². The summed E-state index contributed by atoms with van der Waals surface area (Å²) in [6.45, 7) is 0.812. The summed E-state index contributed by atoms with van der Waals surface area (Å²) < 4.78 is 50.6. The molecule has 0 amide bonds. The van der Waals surface area contributed by atoms with E-state index in [0.29, 0.717) is 12.0 Å². The summed E-state index contributed by atoms with van der Waals surface area (Å²) >= 11 is 0. The summed E-state index contributed by atoms with van der Waals surface area (Å²) in [5, 5.41) is 8.68. The molecule has 0 atom stereocenters. The van der Waals surface area contributed by atoms with Crippen LogP contribution in [-0.4, -0.2) is 35.2 Å². The van der Waals surface area contributed by atoms with Crippen molar-refractivity contribution in [3.63, 3.8) is 0 Å². The molecule has 1 N–H and O–H groups in total. The van der Waals surface area contributed by atoms with Crippen LogP contribution in [0, 0.1) is 5.82 Å². The molecule has 1 rings (SSSR count). The number of nitrogens with zero attached hydrogens (tertiary/aromatic N) is 1. The van der Waals surface area contributed by atoms with Gasteiger partial charge in [0.15, 0.2) is 0 Å². The lowest BCUT2D eigenvalue weighted by atomic mass is 10.1. The number of alkyl halides is 3. The summed E-state index contributed by atoms with van der Waals surface area (Å²) in [6.07, 6.45) is -3.79. The standard InChI is InChI=1S/C13H15F4NO2/c1-2-5-18(8-13(15,16)17)7-9-3-4-10(12(19)20)11(14)6-9/h3-4,6H,2,5,7-8H2,1H3,(H,19,20). The molecule has 3 nitrogen and oxygen atoms in total. The summed E-state index contributed by atoms with van der Waals surface area (Å²) in [6, 6.07) is 3.35. The van der Waals surface area contributed by atoms with E-state index in [9.17, 15) is 22.4 Å². The highest BCUT2D eigenvalue weighted by Gasteiger charge is 2.30. The first kappa shape index (κ1) is 16.4. The smallest absolute Gasteiger partial charge is 0.401 e. The van der Waals surface area contributed by atoms with Crippen molar-refractivity contribution in [2.24, 2.45) is 0 Å². The van der Waals surface area contributed by atoms with E-state index in [1.165, 1.54) is 6.07 Å². The Hall–Kier alpha value is -1.63. The van der Waals surface area contributed by atoms with Crippen LogP contribution in [-0.2, 0) is 6.54 Å². The first-order valence-corrected chi connectivity index (χ1v) is 6.03. The average Bonchev–Trinajstić information content (AvgIpc) is 2.26.